The molecule has 120 valence electrons. The molecular weight excluding hydrogens is 318 g/mol. The first kappa shape index (κ1) is 14.9. The Balaban J connectivity index is 1.52. The first-order chi connectivity index (χ1) is 11.8. The summed E-state index contributed by atoms with van der Waals surface area (Å²) in [5.74, 6) is 0.677. The van der Waals surface area contributed by atoms with Gasteiger partial charge in [0, 0.05) is 25.3 Å². The van der Waals surface area contributed by atoms with Gasteiger partial charge in [0.15, 0.2) is 5.13 Å². The van der Waals surface area contributed by atoms with Gasteiger partial charge in [0.2, 0.25) is 0 Å². The van der Waals surface area contributed by atoms with Crippen LogP contribution in [0.2, 0.25) is 0 Å². The van der Waals surface area contributed by atoms with E-state index in [1.807, 2.05) is 6.07 Å². The molecule has 0 spiro atoms. The number of para-hydroxylation sites is 1. The van der Waals surface area contributed by atoms with E-state index in [-0.39, 0.29) is 6.04 Å². The zero-order valence-corrected chi connectivity index (χ0v) is 14.0. The molecule has 1 aromatic carbocycles. The van der Waals surface area contributed by atoms with Gasteiger partial charge in [-0.05, 0) is 37.1 Å². The number of fused-ring (bicyclic) bond motifs is 1. The fraction of sp³-hybridized carbons (Fsp3) is 0.278. The Morgan fingerprint density at radius 1 is 1.25 bits per heavy atom. The Morgan fingerprint density at radius 2 is 2.17 bits per heavy atom. The fourth-order valence-electron chi connectivity index (χ4n) is 3.07. The number of hydrogen-bond acceptors (Lipinski definition) is 6. The van der Waals surface area contributed by atoms with Gasteiger partial charge in [-0.15, -0.1) is 0 Å². The third kappa shape index (κ3) is 2.91. The number of rotatable bonds is 3. The molecule has 1 N–H and O–H groups in total. The maximum atomic E-state index is 9.21. The van der Waals surface area contributed by atoms with Crippen LogP contribution in [0.3, 0.4) is 0 Å². The van der Waals surface area contributed by atoms with Crippen molar-refractivity contribution in [2.75, 3.05) is 23.3 Å². The zero-order chi connectivity index (χ0) is 16.4. The van der Waals surface area contributed by atoms with Crippen molar-refractivity contribution in [3.05, 3.63) is 48.2 Å². The summed E-state index contributed by atoms with van der Waals surface area (Å²) in [4.78, 5) is 11.4. The summed E-state index contributed by atoms with van der Waals surface area (Å²) >= 11 is 1.74. The molecule has 0 bridgehead atoms. The molecule has 3 aromatic rings. The number of benzene rings is 1. The van der Waals surface area contributed by atoms with Gasteiger partial charge in [-0.25, -0.2) is 9.97 Å². The summed E-state index contributed by atoms with van der Waals surface area (Å²) in [6, 6.07) is 14.3. The molecule has 3 heterocycles. The number of piperidine rings is 1. The van der Waals surface area contributed by atoms with Gasteiger partial charge in [0.25, 0.3) is 0 Å². The molecular formula is C18H17N5S. The second-order valence-corrected chi connectivity index (χ2v) is 6.91. The van der Waals surface area contributed by atoms with E-state index < -0.39 is 0 Å². The van der Waals surface area contributed by atoms with Gasteiger partial charge in [-0.2, -0.15) is 5.26 Å². The molecule has 6 heteroatoms. The van der Waals surface area contributed by atoms with Crippen molar-refractivity contribution < 1.29 is 0 Å². The Morgan fingerprint density at radius 3 is 3.04 bits per heavy atom. The maximum absolute atomic E-state index is 9.21. The largest absolute Gasteiger partial charge is 0.364 e. The van der Waals surface area contributed by atoms with Crippen LogP contribution in [0, 0.1) is 11.3 Å². The summed E-state index contributed by atoms with van der Waals surface area (Å²) in [6.45, 7) is 1.90. The number of nitrogens with zero attached hydrogens (tertiary/aromatic N) is 4. The van der Waals surface area contributed by atoms with Crippen LogP contribution in [-0.2, 0) is 0 Å². The number of nitriles is 1. The molecule has 2 aromatic heterocycles. The van der Waals surface area contributed by atoms with Crippen molar-refractivity contribution in [2.45, 2.75) is 18.9 Å². The van der Waals surface area contributed by atoms with Gasteiger partial charge < -0.3 is 10.2 Å². The third-order valence-electron chi connectivity index (χ3n) is 4.24. The molecule has 1 atom stereocenters. The molecule has 1 saturated heterocycles. The van der Waals surface area contributed by atoms with Crippen LogP contribution >= 0.6 is 11.3 Å². The third-order valence-corrected chi connectivity index (χ3v) is 5.34. The minimum atomic E-state index is 0.271. The quantitative estimate of drug-likeness (QED) is 0.791. The summed E-state index contributed by atoms with van der Waals surface area (Å²) in [6.07, 6.45) is 3.89. The van der Waals surface area contributed by atoms with Crippen LogP contribution < -0.4 is 10.2 Å². The van der Waals surface area contributed by atoms with Crippen molar-refractivity contribution in [3.63, 3.8) is 0 Å². The van der Waals surface area contributed by atoms with Gasteiger partial charge in [-0.1, -0.05) is 23.5 Å². The normalized spacial score (nSPS) is 17.6. The average molecular weight is 335 g/mol. The molecule has 1 aliphatic heterocycles. The number of hydrogen-bond donors (Lipinski definition) is 1. The summed E-state index contributed by atoms with van der Waals surface area (Å²) < 4.78 is 1.22. The van der Waals surface area contributed by atoms with Crippen LogP contribution in [0.5, 0.6) is 0 Å². The highest BCUT2D eigenvalue weighted by molar-refractivity contribution is 7.22. The lowest BCUT2D eigenvalue weighted by Gasteiger charge is -2.33. The number of nitrogens with one attached hydrogen (secondary N) is 1. The zero-order valence-electron chi connectivity index (χ0n) is 13.1. The van der Waals surface area contributed by atoms with Crippen LogP contribution in [0.1, 0.15) is 18.4 Å². The lowest BCUT2D eigenvalue weighted by molar-refractivity contribution is 0.528. The highest BCUT2D eigenvalue weighted by Crippen LogP contribution is 2.30. The SMILES string of the molecule is N#Cc1cccnc1NC1CCCN(c2nc3ccccc3s2)C1. The van der Waals surface area contributed by atoms with E-state index in [2.05, 4.69) is 39.5 Å². The molecule has 0 aliphatic carbocycles. The number of pyridine rings is 1. The second-order valence-electron chi connectivity index (χ2n) is 5.91. The summed E-state index contributed by atoms with van der Waals surface area (Å²) in [5.41, 5.74) is 1.65. The Labute approximate surface area is 144 Å². The molecule has 1 fully saturated rings. The van der Waals surface area contributed by atoms with Crippen molar-refractivity contribution in [1.82, 2.24) is 9.97 Å². The molecule has 0 saturated carbocycles. The van der Waals surface area contributed by atoms with Crippen LogP contribution in [0.25, 0.3) is 10.2 Å². The van der Waals surface area contributed by atoms with Crippen LogP contribution in [-0.4, -0.2) is 29.1 Å². The highest BCUT2D eigenvalue weighted by Gasteiger charge is 2.23. The van der Waals surface area contributed by atoms with Crippen molar-refractivity contribution in [2.24, 2.45) is 0 Å². The molecule has 0 radical (unpaired) electrons. The van der Waals surface area contributed by atoms with Gasteiger partial charge in [0.1, 0.15) is 11.9 Å². The number of thiazole rings is 1. The molecule has 24 heavy (non-hydrogen) atoms. The fourth-order valence-corrected chi connectivity index (χ4v) is 4.07. The van der Waals surface area contributed by atoms with Crippen LogP contribution in [0.15, 0.2) is 42.6 Å². The van der Waals surface area contributed by atoms with Crippen molar-refractivity contribution in [1.29, 1.82) is 5.26 Å². The van der Waals surface area contributed by atoms with Crippen molar-refractivity contribution >= 4 is 32.5 Å². The molecule has 1 unspecified atom stereocenters. The van der Waals surface area contributed by atoms with E-state index in [4.69, 9.17) is 4.98 Å². The molecule has 4 rings (SSSR count). The second kappa shape index (κ2) is 6.46. The smallest absolute Gasteiger partial charge is 0.186 e. The minimum Gasteiger partial charge on any atom is -0.364 e. The van der Waals surface area contributed by atoms with E-state index in [0.717, 1.165) is 36.6 Å². The maximum Gasteiger partial charge on any atom is 0.186 e. The van der Waals surface area contributed by atoms with E-state index in [1.165, 1.54) is 4.70 Å². The monoisotopic (exact) mass is 335 g/mol. The van der Waals surface area contributed by atoms with Gasteiger partial charge >= 0.3 is 0 Å². The number of aromatic nitrogens is 2. The highest BCUT2D eigenvalue weighted by atomic mass is 32.1. The Kier molecular flexibility index (Phi) is 4.01. The van der Waals surface area contributed by atoms with E-state index in [1.54, 1.807) is 29.7 Å². The minimum absolute atomic E-state index is 0.271. The summed E-state index contributed by atoms with van der Waals surface area (Å²) in [7, 11) is 0. The molecule has 5 nitrogen and oxygen atoms in total. The van der Waals surface area contributed by atoms with Crippen LogP contribution in [0.4, 0.5) is 10.9 Å². The predicted molar refractivity (Wildman–Crippen MR) is 97.4 cm³/mol. The van der Waals surface area contributed by atoms with Gasteiger partial charge in [-0.3, -0.25) is 0 Å². The molecule has 1 aliphatic rings. The number of anilines is 2. The first-order valence-electron chi connectivity index (χ1n) is 8.05. The lowest BCUT2D eigenvalue weighted by atomic mass is 10.1. The Hall–Kier alpha value is -2.65. The average Bonchev–Trinajstić information content (AvgIpc) is 3.07. The molecule has 0 amide bonds. The summed E-state index contributed by atoms with van der Waals surface area (Å²) in [5, 5.41) is 13.7. The lowest BCUT2D eigenvalue weighted by Crippen LogP contribution is -2.42. The predicted octanol–water partition coefficient (Wildman–Crippen LogP) is 3.64. The van der Waals surface area contributed by atoms with Gasteiger partial charge in [0.05, 0.1) is 15.8 Å². The van der Waals surface area contributed by atoms with Crippen molar-refractivity contribution in [3.8, 4) is 6.07 Å². The van der Waals surface area contributed by atoms with E-state index in [9.17, 15) is 5.26 Å². The van der Waals surface area contributed by atoms with E-state index >= 15 is 0 Å². The first-order valence-corrected chi connectivity index (χ1v) is 8.87. The standard InChI is InChI=1S/C18H17N5S/c19-11-13-5-3-9-20-17(13)21-14-6-4-10-23(12-14)18-22-15-7-1-2-8-16(15)24-18/h1-3,5,7-9,14H,4,6,10,12H2,(H,20,21). The Bertz CT molecular complexity index is 865. The topological polar surface area (TPSA) is 64.8 Å². The van der Waals surface area contributed by atoms with E-state index in [0.29, 0.717) is 11.4 Å².